The first-order chi connectivity index (χ1) is 13.5. The van der Waals surface area contributed by atoms with E-state index in [1.165, 1.54) is 0 Å². The Kier molecular flexibility index (Phi) is 6.01. The SMILES string of the molecule is CC(C)[C@H](NC(=O)Nc1ccccc1)C(=O)Nc1ccc(-n2cccn2)nc1. The topological polar surface area (TPSA) is 101 Å². The van der Waals surface area contributed by atoms with Gasteiger partial charge in [-0.3, -0.25) is 4.79 Å². The number of carbonyl (C=O) groups is 2. The first kappa shape index (κ1) is 19.1. The first-order valence-electron chi connectivity index (χ1n) is 8.92. The number of pyridine rings is 1. The summed E-state index contributed by atoms with van der Waals surface area (Å²) in [7, 11) is 0. The standard InChI is InChI=1S/C20H22N6O2/c1-14(2)18(25-20(28)24-15-7-4-3-5-8-15)19(27)23-16-9-10-17(21-13-16)26-12-6-11-22-26/h3-14,18H,1-2H3,(H,23,27)(H2,24,25,28)/t18-/m0/s1. The van der Waals surface area contributed by atoms with Crippen molar-refractivity contribution in [2.75, 3.05) is 10.6 Å². The highest BCUT2D eigenvalue weighted by molar-refractivity contribution is 5.99. The Morgan fingerprint density at radius 2 is 1.75 bits per heavy atom. The highest BCUT2D eigenvalue weighted by Crippen LogP contribution is 2.12. The third-order valence-corrected chi connectivity index (χ3v) is 4.02. The molecule has 0 saturated heterocycles. The number of amides is 3. The van der Waals surface area contributed by atoms with E-state index in [-0.39, 0.29) is 11.8 Å². The van der Waals surface area contributed by atoms with Gasteiger partial charge in [0.15, 0.2) is 5.82 Å². The summed E-state index contributed by atoms with van der Waals surface area (Å²) in [5.41, 5.74) is 1.19. The molecule has 144 valence electrons. The Bertz CT molecular complexity index is 908. The quantitative estimate of drug-likeness (QED) is 0.614. The molecule has 0 saturated carbocycles. The van der Waals surface area contributed by atoms with Gasteiger partial charge >= 0.3 is 6.03 Å². The average molecular weight is 378 g/mol. The zero-order valence-electron chi connectivity index (χ0n) is 15.7. The minimum absolute atomic E-state index is 0.0992. The average Bonchev–Trinajstić information content (AvgIpc) is 3.22. The molecule has 2 aromatic heterocycles. The monoisotopic (exact) mass is 378 g/mol. The molecular formula is C20H22N6O2. The van der Waals surface area contributed by atoms with Crippen LogP contribution in [0.1, 0.15) is 13.8 Å². The van der Waals surface area contributed by atoms with Crippen LogP contribution in [0.5, 0.6) is 0 Å². The molecule has 0 unspecified atom stereocenters. The van der Waals surface area contributed by atoms with Gasteiger partial charge in [-0.15, -0.1) is 0 Å². The summed E-state index contributed by atoms with van der Waals surface area (Å²) in [6.07, 6.45) is 5.00. The summed E-state index contributed by atoms with van der Waals surface area (Å²) in [5.74, 6) is 0.230. The molecule has 0 aliphatic carbocycles. The number of benzene rings is 1. The fourth-order valence-corrected chi connectivity index (χ4v) is 2.58. The molecule has 0 aliphatic rings. The molecule has 0 fully saturated rings. The number of hydrogen-bond donors (Lipinski definition) is 3. The molecule has 8 heteroatoms. The number of hydrogen-bond acceptors (Lipinski definition) is 4. The van der Waals surface area contributed by atoms with Crippen molar-refractivity contribution in [3.8, 4) is 5.82 Å². The number of aromatic nitrogens is 3. The fraction of sp³-hybridized carbons (Fsp3) is 0.200. The second-order valence-electron chi connectivity index (χ2n) is 6.53. The van der Waals surface area contributed by atoms with E-state index in [2.05, 4.69) is 26.0 Å². The van der Waals surface area contributed by atoms with E-state index < -0.39 is 12.1 Å². The third-order valence-electron chi connectivity index (χ3n) is 4.02. The molecular weight excluding hydrogens is 356 g/mol. The third kappa shape index (κ3) is 4.94. The summed E-state index contributed by atoms with van der Waals surface area (Å²) in [6, 6.07) is 13.2. The number of para-hydroxylation sites is 1. The van der Waals surface area contributed by atoms with Gasteiger partial charge < -0.3 is 16.0 Å². The first-order valence-corrected chi connectivity index (χ1v) is 8.92. The van der Waals surface area contributed by atoms with Crippen LogP contribution in [-0.4, -0.2) is 32.7 Å². The van der Waals surface area contributed by atoms with E-state index >= 15 is 0 Å². The zero-order valence-corrected chi connectivity index (χ0v) is 15.7. The Hall–Kier alpha value is -3.68. The van der Waals surface area contributed by atoms with Crippen LogP contribution >= 0.6 is 0 Å². The second kappa shape index (κ2) is 8.81. The lowest BCUT2D eigenvalue weighted by Gasteiger charge is -2.22. The summed E-state index contributed by atoms with van der Waals surface area (Å²) in [6.45, 7) is 3.73. The summed E-state index contributed by atoms with van der Waals surface area (Å²) < 4.78 is 1.62. The number of nitrogens with one attached hydrogen (secondary N) is 3. The molecule has 3 aromatic rings. The van der Waals surface area contributed by atoms with E-state index in [4.69, 9.17) is 0 Å². The summed E-state index contributed by atoms with van der Waals surface area (Å²) in [4.78, 5) is 29.2. The Morgan fingerprint density at radius 1 is 0.964 bits per heavy atom. The molecule has 28 heavy (non-hydrogen) atoms. The summed E-state index contributed by atoms with van der Waals surface area (Å²) >= 11 is 0. The predicted molar refractivity (Wildman–Crippen MR) is 107 cm³/mol. The van der Waals surface area contributed by atoms with Crippen molar-refractivity contribution >= 4 is 23.3 Å². The van der Waals surface area contributed by atoms with E-state index in [9.17, 15) is 9.59 Å². The Morgan fingerprint density at radius 3 is 2.36 bits per heavy atom. The van der Waals surface area contributed by atoms with E-state index in [0.717, 1.165) is 0 Å². The molecule has 3 amide bonds. The van der Waals surface area contributed by atoms with Gasteiger partial charge in [0.05, 0.1) is 11.9 Å². The molecule has 0 spiro atoms. The van der Waals surface area contributed by atoms with E-state index in [0.29, 0.717) is 17.2 Å². The van der Waals surface area contributed by atoms with Gasteiger partial charge in [-0.1, -0.05) is 32.0 Å². The molecule has 0 aliphatic heterocycles. The van der Waals surface area contributed by atoms with Crippen LogP contribution in [0.15, 0.2) is 67.1 Å². The van der Waals surface area contributed by atoms with Crippen LogP contribution in [0.2, 0.25) is 0 Å². The zero-order chi connectivity index (χ0) is 19.9. The van der Waals surface area contributed by atoms with Crippen molar-refractivity contribution in [2.24, 2.45) is 5.92 Å². The van der Waals surface area contributed by atoms with E-state index in [1.54, 1.807) is 53.6 Å². The summed E-state index contributed by atoms with van der Waals surface area (Å²) in [5, 5.41) is 12.3. The van der Waals surface area contributed by atoms with E-state index in [1.807, 2.05) is 32.0 Å². The van der Waals surface area contributed by atoms with Gasteiger partial charge in [0.1, 0.15) is 6.04 Å². The molecule has 2 heterocycles. The molecule has 3 N–H and O–H groups in total. The van der Waals surface area contributed by atoms with Crippen LogP contribution in [0.3, 0.4) is 0 Å². The fourth-order valence-electron chi connectivity index (χ4n) is 2.58. The van der Waals surface area contributed by atoms with Crippen LogP contribution < -0.4 is 16.0 Å². The normalized spacial score (nSPS) is 11.7. The highest BCUT2D eigenvalue weighted by Gasteiger charge is 2.24. The van der Waals surface area contributed by atoms with Gasteiger partial charge in [-0.25, -0.2) is 14.5 Å². The van der Waals surface area contributed by atoms with Crippen molar-refractivity contribution in [1.82, 2.24) is 20.1 Å². The van der Waals surface area contributed by atoms with Gasteiger partial charge in [0.25, 0.3) is 0 Å². The molecule has 1 atom stereocenters. The largest absolute Gasteiger partial charge is 0.326 e. The molecule has 0 radical (unpaired) electrons. The lowest BCUT2D eigenvalue weighted by molar-refractivity contribution is -0.118. The number of anilines is 2. The number of nitrogens with zero attached hydrogens (tertiary/aromatic N) is 3. The highest BCUT2D eigenvalue weighted by atomic mass is 16.2. The van der Waals surface area contributed by atoms with Gasteiger partial charge in [-0.2, -0.15) is 5.10 Å². The van der Waals surface area contributed by atoms with Crippen LogP contribution in [0.25, 0.3) is 5.82 Å². The van der Waals surface area contributed by atoms with Crippen molar-refractivity contribution in [1.29, 1.82) is 0 Å². The van der Waals surface area contributed by atoms with Crippen molar-refractivity contribution in [3.63, 3.8) is 0 Å². The van der Waals surface area contributed by atoms with Crippen molar-refractivity contribution < 1.29 is 9.59 Å². The molecule has 0 bridgehead atoms. The maximum Gasteiger partial charge on any atom is 0.319 e. The van der Waals surface area contributed by atoms with Gasteiger partial charge in [0.2, 0.25) is 5.91 Å². The van der Waals surface area contributed by atoms with Gasteiger partial charge in [0, 0.05) is 18.1 Å². The molecule has 8 nitrogen and oxygen atoms in total. The Balaban J connectivity index is 1.62. The molecule has 3 rings (SSSR count). The van der Waals surface area contributed by atoms with Crippen LogP contribution in [0, 0.1) is 5.92 Å². The lowest BCUT2D eigenvalue weighted by Crippen LogP contribution is -2.48. The molecule has 1 aromatic carbocycles. The minimum atomic E-state index is -0.700. The van der Waals surface area contributed by atoms with Crippen molar-refractivity contribution in [2.45, 2.75) is 19.9 Å². The lowest BCUT2D eigenvalue weighted by atomic mass is 10.0. The second-order valence-corrected chi connectivity index (χ2v) is 6.53. The van der Waals surface area contributed by atoms with Crippen molar-refractivity contribution in [3.05, 3.63) is 67.1 Å². The maximum atomic E-state index is 12.7. The predicted octanol–water partition coefficient (Wildman–Crippen LogP) is 3.05. The maximum absolute atomic E-state index is 12.7. The van der Waals surface area contributed by atoms with Crippen LogP contribution in [-0.2, 0) is 4.79 Å². The van der Waals surface area contributed by atoms with Crippen LogP contribution in [0.4, 0.5) is 16.2 Å². The van der Waals surface area contributed by atoms with Gasteiger partial charge in [-0.05, 0) is 36.2 Å². The number of rotatable bonds is 6. The smallest absolute Gasteiger partial charge is 0.319 e. The minimum Gasteiger partial charge on any atom is -0.326 e. The number of carbonyl (C=O) groups excluding carboxylic acids is 2. The Labute approximate surface area is 163 Å². The number of urea groups is 1.